The fraction of sp³-hybridized carbons (Fsp3) is 0.421. The fourth-order valence-electron chi connectivity index (χ4n) is 3.63. The Morgan fingerprint density at radius 1 is 1.24 bits per heavy atom. The molecule has 29 heavy (non-hydrogen) atoms. The highest BCUT2D eigenvalue weighted by atomic mass is 19.4. The lowest BCUT2D eigenvalue weighted by atomic mass is 10.0. The van der Waals surface area contributed by atoms with Gasteiger partial charge in [0.25, 0.3) is 5.88 Å². The van der Waals surface area contributed by atoms with Crippen LogP contribution in [0.5, 0.6) is 5.88 Å². The van der Waals surface area contributed by atoms with Gasteiger partial charge in [-0.15, -0.1) is 0 Å². The molecule has 0 unspecified atom stereocenters. The molecule has 0 bridgehead atoms. The molecule has 1 saturated heterocycles. The van der Waals surface area contributed by atoms with Gasteiger partial charge in [-0.05, 0) is 25.8 Å². The number of alkyl halides is 3. The minimum absolute atomic E-state index is 0.0945. The number of ether oxygens (including phenoxy) is 1. The van der Waals surface area contributed by atoms with Gasteiger partial charge < -0.3 is 19.8 Å². The molecule has 0 saturated carbocycles. The predicted octanol–water partition coefficient (Wildman–Crippen LogP) is 3.05. The second-order valence-corrected chi connectivity index (χ2v) is 7.19. The van der Waals surface area contributed by atoms with Crippen LogP contribution in [0.4, 0.5) is 19.0 Å². The summed E-state index contributed by atoms with van der Waals surface area (Å²) in [6, 6.07) is 0.920. The second kappa shape index (κ2) is 7.18. The first-order valence-electron chi connectivity index (χ1n) is 9.24. The van der Waals surface area contributed by atoms with E-state index in [0.717, 1.165) is 24.6 Å². The summed E-state index contributed by atoms with van der Waals surface area (Å²) in [4.78, 5) is 14.4. The average Bonchev–Trinajstić information content (AvgIpc) is 3.06. The number of aromatic nitrogens is 4. The zero-order valence-electron chi connectivity index (χ0n) is 16.1. The third-order valence-corrected chi connectivity index (χ3v) is 4.95. The van der Waals surface area contributed by atoms with Gasteiger partial charge in [-0.25, -0.2) is 15.0 Å². The summed E-state index contributed by atoms with van der Waals surface area (Å²) >= 11 is 0. The highest BCUT2D eigenvalue weighted by Crippen LogP contribution is 2.38. The summed E-state index contributed by atoms with van der Waals surface area (Å²) in [6.45, 7) is 2.66. The maximum Gasteiger partial charge on any atom is 0.419 e. The molecule has 4 rings (SSSR count). The number of piperidine rings is 1. The van der Waals surface area contributed by atoms with Crippen molar-refractivity contribution in [1.82, 2.24) is 19.4 Å². The molecule has 3 aromatic rings. The van der Waals surface area contributed by atoms with E-state index in [0.29, 0.717) is 24.4 Å². The van der Waals surface area contributed by atoms with Crippen molar-refractivity contribution in [3.05, 3.63) is 35.9 Å². The van der Waals surface area contributed by atoms with Gasteiger partial charge in [-0.1, -0.05) is 0 Å². The number of hydrogen-bond donors (Lipinski definition) is 1. The number of anilines is 1. The number of fused-ring (bicyclic) bond motifs is 1. The van der Waals surface area contributed by atoms with Gasteiger partial charge in [-0.3, -0.25) is 0 Å². The standard InChI is InChI=1S/C19H21F3N6O/c1-11-8-28-10-15(26-18(29-2)17(28)25-11)12-6-14(19(20,21)22)16(24-7-12)27-5-3-4-13(23)9-27/h6-8,10,13H,3-5,9,23H2,1-2H3/t13-/m0/s1. The van der Waals surface area contributed by atoms with E-state index in [9.17, 15) is 13.2 Å². The minimum atomic E-state index is -4.56. The van der Waals surface area contributed by atoms with Crippen LogP contribution in [0.25, 0.3) is 16.9 Å². The van der Waals surface area contributed by atoms with Gasteiger partial charge in [0.15, 0.2) is 0 Å². The number of aryl methyl sites for hydroxylation is 1. The third kappa shape index (κ3) is 3.71. The molecule has 2 N–H and O–H groups in total. The van der Waals surface area contributed by atoms with Gasteiger partial charge >= 0.3 is 6.18 Å². The van der Waals surface area contributed by atoms with E-state index < -0.39 is 11.7 Å². The normalized spacial score (nSPS) is 17.7. The van der Waals surface area contributed by atoms with E-state index in [1.807, 2.05) is 6.92 Å². The van der Waals surface area contributed by atoms with Gasteiger partial charge in [0.2, 0.25) is 5.65 Å². The number of hydrogen-bond acceptors (Lipinski definition) is 6. The lowest BCUT2D eigenvalue weighted by molar-refractivity contribution is -0.137. The Morgan fingerprint density at radius 2 is 2.03 bits per heavy atom. The number of halogens is 3. The Kier molecular flexibility index (Phi) is 4.81. The highest BCUT2D eigenvalue weighted by Gasteiger charge is 2.37. The zero-order valence-corrected chi connectivity index (χ0v) is 16.1. The lowest BCUT2D eigenvalue weighted by Gasteiger charge is -2.33. The molecule has 1 aliphatic heterocycles. The Morgan fingerprint density at radius 3 is 2.72 bits per heavy atom. The number of rotatable bonds is 3. The molecule has 10 heteroatoms. The van der Waals surface area contributed by atoms with Crippen LogP contribution in [0, 0.1) is 6.92 Å². The molecule has 7 nitrogen and oxygen atoms in total. The predicted molar refractivity (Wildman–Crippen MR) is 102 cm³/mol. The molecule has 0 aliphatic carbocycles. The maximum absolute atomic E-state index is 13.8. The van der Waals surface area contributed by atoms with Crippen LogP contribution >= 0.6 is 0 Å². The maximum atomic E-state index is 13.8. The molecule has 3 aromatic heterocycles. The van der Waals surface area contributed by atoms with Crippen LogP contribution in [0.15, 0.2) is 24.7 Å². The quantitative estimate of drug-likeness (QED) is 0.720. The van der Waals surface area contributed by atoms with Crippen molar-refractivity contribution in [2.45, 2.75) is 32.0 Å². The Hall–Kier alpha value is -2.88. The van der Waals surface area contributed by atoms with Gasteiger partial charge in [-0.2, -0.15) is 13.2 Å². The van der Waals surface area contributed by atoms with Crippen molar-refractivity contribution in [3.63, 3.8) is 0 Å². The van der Waals surface area contributed by atoms with Gasteiger partial charge in [0.05, 0.1) is 24.1 Å². The summed E-state index contributed by atoms with van der Waals surface area (Å²) in [6.07, 6.45) is 1.75. The Balaban J connectivity index is 1.82. The van der Waals surface area contributed by atoms with E-state index in [2.05, 4.69) is 15.0 Å². The first kappa shape index (κ1) is 19.4. The summed E-state index contributed by atoms with van der Waals surface area (Å²) in [5.41, 5.74) is 6.94. The van der Waals surface area contributed by atoms with Gasteiger partial charge in [0, 0.05) is 43.3 Å². The highest BCUT2D eigenvalue weighted by molar-refractivity contribution is 5.66. The number of imidazole rings is 1. The monoisotopic (exact) mass is 406 g/mol. The topological polar surface area (TPSA) is 81.6 Å². The van der Waals surface area contributed by atoms with Crippen molar-refractivity contribution in [3.8, 4) is 17.1 Å². The van der Waals surface area contributed by atoms with E-state index in [-0.39, 0.29) is 23.3 Å². The number of nitrogens with two attached hydrogens (primary N) is 1. The molecular weight excluding hydrogens is 385 g/mol. The van der Waals surface area contributed by atoms with Crippen LogP contribution < -0.4 is 15.4 Å². The molecule has 1 atom stereocenters. The molecule has 154 valence electrons. The molecular formula is C19H21F3N6O. The van der Waals surface area contributed by atoms with Crippen molar-refractivity contribution in [1.29, 1.82) is 0 Å². The third-order valence-electron chi connectivity index (χ3n) is 4.95. The number of pyridine rings is 1. The van der Waals surface area contributed by atoms with Crippen molar-refractivity contribution in [2.75, 3.05) is 25.1 Å². The molecule has 0 amide bonds. The Labute approximate surface area is 165 Å². The number of methoxy groups -OCH3 is 1. The first-order chi connectivity index (χ1) is 13.8. The smallest absolute Gasteiger partial charge is 0.419 e. The van der Waals surface area contributed by atoms with E-state index >= 15 is 0 Å². The summed E-state index contributed by atoms with van der Waals surface area (Å²) in [7, 11) is 1.44. The molecule has 0 radical (unpaired) electrons. The first-order valence-corrected chi connectivity index (χ1v) is 9.24. The SMILES string of the molecule is COc1nc(-c2cnc(N3CCC[C@H](N)C3)c(C(F)(F)F)c2)cn2cc(C)nc12. The largest absolute Gasteiger partial charge is 0.478 e. The van der Waals surface area contributed by atoms with Crippen LogP contribution in [0.3, 0.4) is 0 Å². The van der Waals surface area contributed by atoms with Gasteiger partial charge in [0.1, 0.15) is 5.82 Å². The summed E-state index contributed by atoms with van der Waals surface area (Å²) < 4.78 is 48.5. The van der Waals surface area contributed by atoms with E-state index in [1.54, 1.807) is 21.7 Å². The molecule has 4 heterocycles. The summed E-state index contributed by atoms with van der Waals surface area (Å²) in [5.74, 6) is 0.137. The van der Waals surface area contributed by atoms with Crippen molar-refractivity contribution >= 4 is 11.5 Å². The van der Waals surface area contributed by atoms with Crippen molar-refractivity contribution < 1.29 is 17.9 Å². The van der Waals surface area contributed by atoms with Crippen LogP contribution in [-0.2, 0) is 6.18 Å². The fourth-order valence-corrected chi connectivity index (χ4v) is 3.63. The molecule has 1 aliphatic rings. The molecule has 0 aromatic carbocycles. The Bertz CT molecular complexity index is 1050. The van der Waals surface area contributed by atoms with Crippen LogP contribution in [0.1, 0.15) is 24.1 Å². The average molecular weight is 406 g/mol. The van der Waals surface area contributed by atoms with Crippen molar-refractivity contribution in [2.24, 2.45) is 5.73 Å². The minimum Gasteiger partial charge on any atom is -0.478 e. The van der Waals surface area contributed by atoms with Crippen LogP contribution in [-0.4, -0.2) is 45.6 Å². The van der Waals surface area contributed by atoms with E-state index in [4.69, 9.17) is 10.5 Å². The second-order valence-electron chi connectivity index (χ2n) is 7.19. The zero-order chi connectivity index (χ0) is 20.8. The van der Waals surface area contributed by atoms with E-state index in [1.165, 1.54) is 13.3 Å². The molecule has 0 spiro atoms. The molecule has 1 fully saturated rings. The lowest BCUT2D eigenvalue weighted by Crippen LogP contribution is -2.43. The van der Waals surface area contributed by atoms with Crippen LogP contribution in [0.2, 0.25) is 0 Å². The number of nitrogens with zero attached hydrogens (tertiary/aromatic N) is 5. The summed E-state index contributed by atoms with van der Waals surface area (Å²) in [5, 5.41) is 0.